The van der Waals surface area contributed by atoms with Crippen LogP contribution in [0.2, 0.25) is 0 Å². The Morgan fingerprint density at radius 2 is 1.85 bits per heavy atom. The van der Waals surface area contributed by atoms with Crippen molar-refractivity contribution in [2.24, 2.45) is 26.7 Å². The molecule has 0 spiro atoms. The zero-order chi connectivity index (χ0) is 23.3. The molecule has 3 aromatic rings. The molecule has 33 heavy (non-hydrogen) atoms. The highest BCUT2D eigenvalue weighted by atomic mass is 19.3. The first-order valence-electron chi connectivity index (χ1n) is 10.5. The Morgan fingerprint density at radius 3 is 2.61 bits per heavy atom. The van der Waals surface area contributed by atoms with Crippen LogP contribution in [-0.2, 0) is 6.54 Å². The van der Waals surface area contributed by atoms with Crippen molar-refractivity contribution in [3.8, 4) is 5.69 Å². The van der Waals surface area contributed by atoms with Gasteiger partial charge in [0, 0.05) is 5.69 Å². The topological polar surface area (TPSA) is 88.3 Å². The number of para-hydroxylation sites is 1. The number of aliphatic imine (C=N–C) groups is 2. The third kappa shape index (κ3) is 3.40. The maximum atomic E-state index is 13.7. The van der Waals surface area contributed by atoms with E-state index in [9.17, 15) is 13.6 Å². The molecule has 2 unspecified atom stereocenters. The average molecular weight is 448 g/mol. The molecule has 0 amide bonds. The van der Waals surface area contributed by atoms with Crippen molar-refractivity contribution < 1.29 is 8.78 Å². The number of nitrogens with two attached hydrogens (primary N) is 1. The van der Waals surface area contributed by atoms with E-state index in [1.165, 1.54) is 11.3 Å². The van der Waals surface area contributed by atoms with E-state index in [1.807, 2.05) is 62.4 Å². The van der Waals surface area contributed by atoms with Gasteiger partial charge in [-0.2, -0.15) is 5.10 Å². The highest BCUT2D eigenvalue weighted by Crippen LogP contribution is 2.31. The number of aryl methyl sites for hydroxylation is 2. The van der Waals surface area contributed by atoms with Gasteiger partial charge in [0.1, 0.15) is 23.8 Å². The van der Waals surface area contributed by atoms with E-state index in [1.54, 1.807) is 4.57 Å². The normalized spacial score (nSPS) is 19.7. The van der Waals surface area contributed by atoms with Crippen molar-refractivity contribution in [1.29, 1.82) is 0 Å². The lowest BCUT2D eigenvalue weighted by atomic mass is 9.99. The summed E-state index contributed by atoms with van der Waals surface area (Å²) in [6.45, 7) is 3.92. The second-order valence-corrected chi connectivity index (χ2v) is 8.23. The lowest BCUT2D eigenvalue weighted by molar-refractivity contribution is 0.210. The summed E-state index contributed by atoms with van der Waals surface area (Å²) in [6, 6.07) is 15.1. The average Bonchev–Trinajstić information content (AvgIpc) is 3.15. The Hall–Kier alpha value is -3.88. The van der Waals surface area contributed by atoms with Gasteiger partial charge in [-0.15, -0.1) is 0 Å². The molecule has 0 radical (unpaired) electrons. The van der Waals surface area contributed by atoms with Crippen molar-refractivity contribution in [2.75, 3.05) is 0 Å². The molecule has 2 atom stereocenters. The third-order valence-corrected chi connectivity index (χ3v) is 6.15. The van der Waals surface area contributed by atoms with Gasteiger partial charge in [-0.1, -0.05) is 36.4 Å². The number of aromatic nitrogens is 1. The molecule has 3 heterocycles. The minimum Gasteiger partial charge on any atom is -0.386 e. The molecule has 2 aliphatic rings. The van der Waals surface area contributed by atoms with Crippen LogP contribution in [-0.4, -0.2) is 40.1 Å². The van der Waals surface area contributed by atoms with Gasteiger partial charge in [-0.3, -0.25) is 14.4 Å². The number of nitrogens with zero attached hydrogens (tertiary/aromatic N) is 5. The van der Waals surface area contributed by atoms with E-state index in [2.05, 4.69) is 15.1 Å². The van der Waals surface area contributed by atoms with E-state index in [0.29, 0.717) is 11.1 Å². The van der Waals surface area contributed by atoms with Crippen LogP contribution in [0.25, 0.3) is 16.5 Å². The smallest absolute Gasteiger partial charge is 0.279 e. The maximum absolute atomic E-state index is 13.7. The van der Waals surface area contributed by atoms with Gasteiger partial charge in [0.2, 0.25) is 0 Å². The zero-order valence-electron chi connectivity index (χ0n) is 18.1. The van der Waals surface area contributed by atoms with Crippen molar-refractivity contribution in [3.05, 3.63) is 75.7 Å². The molecule has 0 bridgehead atoms. The Morgan fingerprint density at radius 1 is 1.09 bits per heavy atom. The van der Waals surface area contributed by atoms with Gasteiger partial charge >= 0.3 is 0 Å². The Kier molecular flexibility index (Phi) is 5.03. The molecule has 1 aromatic heterocycles. The number of alkyl halides is 2. The Balaban J connectivity index is 1.70. The van der Waals surface area contributed by atoms with Crippen LogP contribution in [0.5, 0.6) is 0 Å². The molecule has 2 aromatic carbocycles. The number of rotatable bonds is 4. The van der Waals surface area contributed by atoms with Crippen LogP contribution >= 0.6 is 0 Å². The number of fused-ring (bicyclic) bond motifs is 2. The predicted octanol–water partition coefficient (Wildman–Crippen LogP) is 3.39. The van der Waals surface area contributed by atoms with Gasteiger partial charge in [0.05, 0.1) is 17.6 Å². The van der Waals surface area contributed by atoms with Gasteiger partial charge in [-0.05, 0) is 42.5 Å². The Labute approximate surface area is 188 Å². The summed E-state index contributed by atoms with van der Waals surface area (Å²) < 4.78 is 29.1. The van der Waals surface area contributed by atoms with E-state index >= 15 is 0 Å². The summed E-state index contributed by atoms with van der Waals surface area (Å²) in [4.78, 5) is 21.9. The molecule has 0 fully saturated rings. The van der Waals surface area contributed by atoms with E-state index in [4.69, 9.17) is 5.73 Å². The zero-order valence-corrected chi connectivity index (χ0v) is 18.1. The van der Waals surface area contributed by atoms with Crippen LogP contribution in [0.15, 0.2) is 68.4 Å². The summed E-state index contributed by atoms with van der Waals surface area (Å²) in [7, 11) is 0. The molecule has 5 rings (SSSR count). The van der Waals surface area contributed by atoms with Crippen molar-refractivity contribution in [1.82, 2.24) is 9.58 Å². The first-order valence-corrected chi connectivity index (χ1v) is 10.5. The van der Waals surface area contributed by atoms with Crippen molar-refractivity contribution in [3.63, 3.8) is 0 Å². The van der Waals surface area contributed by atoms with Crippen LogP contribution in [0.4, 0.5) is 8.78 Å². The molecule has 2 N–H and O–H groups in total. The summed E-state index contributed by atoms with van der Waals surface area (Å²) in [5.74, 6) is -0.835. The predicted molar refractivity (Wildman–Crippen MR) is 125 cm³/mol. The van der Waals surface area contributed by atoms with E-state index in [0.717, 1.165) is 22.2 Å². The standard InChI is InChI=1S/C24H22F2N6O/c1-13-6-3-4-9-17(13)32-16(10-15-8-5-7-14(2)18(15)24(32)33)11-31-23-19(20(30-31)21(25)26)22(27)28-12-29-23/h3-10,12,19,21,23H,11H2,1-2H3,(H2,27,28,29). The largest absolute Gasteiger partial charge is 0.386 e. The fourth-order valence-corrected chi connectivity index (χ4v) is 4.57. The second kappa shape index (κ2) is 7.91. The summed E-state index contributed by atoms with van der Waals surface area (Å²) in [5.41, 5.74) is 8.51. The lowest BCUT2D eigenvalue weighted by Crippen LogP contribution is -2.43. The fraction of sp³-hybridized carbons (Fsp3) is 0.250. The molecule has 9 heteroatoms. The van der Waals surface area contributed by atoms with Gasteiger partial charge in [-0.25, -0.2) is 18.8 Å². The fourth-order valence-electron chi connectivity index (χ4n) is 4.57. The summed E-state index contributed by atoms with van der Waals surface area (Å²) >= 11 is 0. The summed E-state index contributed by atoms with van der Waals surface area (Å²) in [5, 5.41) is 7.04. The van der Waals surface area contributed by atoms with Gasteiger partial charge < -0.3 is 5.73 Å². The molecule has 7 nitrogen and oxygen atoms in total. The molecule has 0 saturated heterocycles. The van der Waals surface area contributed by atoms with E-state index < -0.39 is 18.5 Å². The highest BCUT2D eigenvalue weighted by Gasteiger charge is 2.44. The van der Waals surface area contributed by atoms with E-state index in [-0.39, 0.29) is 23.7 Å². The number of hydrogen-bond acceptors (Lipinski definition) is 6. The lowest BCUT2D eigenvalue weighted by Gasteiger charge is -2.27. The van der Waals surface area contributed by atoms with Crippen LogP contribution in [0.1, 0.15) is 16.8 Å². The van der Waals surface area contributed by atoms with Crippen LogP contribution in [0.3, 0.4) is 0 Å². The van der Waals surface area contributed by atoms with Gasteiger partial charge in [0.25, 0.3) is 12.0 Å². The number of amidine groups is 1. The van der Waals surface area contributed by atoms with Crippen molar-refractivity contribution >= 4 is 28.7 Å². The highest BCUT2D eigenvalue weighted by molar-refractivity contribution is 6.11. The minimum absolute atomic E-state index is 0.0574. The first-order chi connectivity index (χ1) is 15.9. The second-order valence-electron chi connectivity index (χ2n) is 8.23. The number of benzene rings is 2. The number of hydrazone groups is 1. The summed E-state index contributed by atoms with van der Waals surface area (Å²) in [6.07, 6.45) is -2.26. The molecule has 2 aliphatic heterocycles. The molecule has 168 valence electrons. The number of hydrogen-bond donors (Lipinski definition) is 1. The quantitative estimate of drug-likeness (QED) is 0.664. The molecule has 0 aliphatic carbocycles. The number of halogens is 2. The number of pyridine rings is 1. The van der Waals surface area contributed by atoms with Crippen LogP contribution in [0, 0.1) is 19.8 Å². The van der Waals surface area contributed by atoms with Crippen molar-refractivity contribution in [2.45, 2.75) is 33.0 Å². The Bertz CT molecular complexity index is 1410. The first kappa shape index (κ1) is 21.0. The van der Waals surface area contributed by atoms with Gasteiger partial charge in [0.15, 0.2) is 6.17 Å². The molecule has 0 saturated carbocycles. The monoisotopic (exact) mass is 448 g/mol. The minimum atomic E-state index is -2.79. The third-order valence-electron chi connectivity index (χ3n) is 6.15. The van der Waals surface area contributed by atoms with Crippen LogP contribution < -0.4 is 11.3 Å². The maximum Gasteiger partial charge on any atom is 0.279 e. The SMILES string of the molecule is Cc1ccccc1-n1c(CN2N=C(C(F)F)C3C(N)=NC=NC32)cc2cccc(C)c2c1=O. The molecular weight excluding hydrogens is 426 g/mol. The molecular formula is C24H22F2N6O.